The lowest BCUT2D eigenvalue weighted by Gasteiger charge is -2.18. The van der Waals surface area contributed by atoms with Gasteiger partial charge in [0.05, 0.1) is 0 Å². The van der Waals surface area contributed by atoms with Crippen LogP contribution in [0.15, 0.2) is 109 Å². The van der Waals surface area contributed by atoms with Gasteiger partial charge in [0.25, 0.3) is 0 Å². The minimum absolute atomic E-state index is 0.115. The summed E-state index contributed by atoms with van der Waals surface area (Å²) in [7, 11) is 0. The molecule has 0 fully saturated rings. The Hall–Kier alpha value is -3.93. The molecule has 338 valence electrons. The van der Waals surface area contributed by atoms with E-state index < -0.39 is 6.10 Å². The second kappa shape index (κ2) is 47.7. The third-order valence-corrected chi connectivity index (χ3v) is 9.49. The van der Waals surface area contributed by atoms with Crippen LogP contribution in [0, 0.1) is 0 Å². The van der Waals surface area contributed by atoms with Gasteiger partial charge >= 0.3 is 17.9 Å². The summed E-state index contributed by atoms with van der Waals surface area (Å²) in [6.07, 6.45) is 63.6. The van der Waals surface area contributed by atoms with Crippen molar-refractivity contribution < 1.29 is 28.6 Å². The molecular formula is C54H86O6. The summed E-state index contributed by atoms with van der Waals surface area (Å²) >= 11 is 0. The fourth-order valence-electron chi connectivity index (χ4n) is 5.95. The van der Waals surface area contributed by atoms with Gasteiger partial charge in [0.2, 0.25) is 0 Å². The van der Waals surface area contributed by atoms with Gasteiger partial charge in [-0.05, 0) is 122 Å². The molecule has 0 aromatic carbocycles. The van der Waals surface area contributed by atoms with Crippen molar-refractivity contribution in [3.05, 3.63) is 109 Å². The van der Waals surface area contributed by atoms with Gasteiger partial charge in [0, 0.05) is 19.3 Å². The van der Waals surface area contributed by atoms with Crippen LogP contribution in [0.25, 0.3) is 0 Å². The molecule has 0 rings (SSSR count). The van der Waals surface area contributed by atoms with Gasteiger partial charge in [-0.3, -0.25) is 14.4 Å². The number of ether oxygens (including phenoxy) is 3. The van der Waals surface area contributed by atoms with Gasteiger partial charge in [-0.1, -0.05) is 162 Å². The summed E-state index contributed by atoms with van der Waals surface area (Å²) in [5.74, 6) is -1.02. The molecule has 0 aliphatic rings. The standard InChI is InChI=1S/C54H86O6/c1-4-7-10-13-16-19-22-25-27-29-32-35-38-41-44-47-53(56)59-50-51(49-58-52(55)46-43-40-37-34-31-24-21-18-15-12-9-6-3)60-54(57)48-45-42-39-36-33-30-28-26-23-20-17-14-11-8-5-2/h7-8,10-11,16-21,25-28,32-33,35-36,51H,4-6,9,12-15,22-24,29-31,34,37-50H2,1-3H3/b10-7-,11-8-,19-16-,20-17-,21-18-,27-25-,28-26-,35-32-,36-33-. The summed E-state index contributed by atoms with van der Waals surface area (Å²) in [6, 6.07) is 0. The first-order chi connectivity index (χ1) is 29.5. The molecule has 60 heavy (non-hydrogen) atoms. The van der Waals surface area contributed by atoms with Crippen molar-refractivity contribution in [3.8, 4) is 0 Å². The Kier molecular flexibility index (Phi) is 44.6. The van der Waals surface area contributed by atoms with Crippen LogP contribution < -0.4 is 0 Å². The molecular weight excluding hydrogens is 745 g/mol. The number of rotatable bonds is 41. The number of carbonyl (C=O) groups excluding carboxylic acids is 3. The molecule has 0 saturated heterocycles. The van der Waals surface area contributed by atoms with E-state index in [0.717, 1.165) is 109 Å². The predicted molar refractivity (Wildman–Crippen MR) is 256 cm³/mol. The van der Waals surface area contributed by atoms with Crippen molar-refractivity contribution in [1.82, 2.24) is 0 Å². The fourth-order valence-corrected chi connectivity index (χ4v) is 5.95. The summed E-state index contributed by atoms with van der Waals surface area (Å²) < 4.78 is 16.7. The number of hydrogen-bond donors (Lipinski definition) is 0. The number of carbonyl (C=O) groups is 3. The van der Waals surface area contributed by atoms with Gasteiger partial charge in [0.1, 0.15) is 13.2 Å². The molecule has 0 aliphatic carbocycles. The van der Waals surface area contributed by atoms with E-state index >= 15 is 0 Å². The van der Waals surface area contributed by atoms with Crippen LogP contribution in [0.5, 0.6) is 0 Å². The molecule has 0 saturated carbocycles. The van der Waals surface area contributed by atoms with Crippen LogP contribution >= 0.6 is 0 Å². The maximum Gasteiger partial charge on any atom is 0.306 e. The molecule has 0 aromatic rings. The first-order valence-corrected chi connectivity index (χ1v) is 23.9. The van der Waals surface area contributed by atoms with E-state index in [4.69, 9.17) is 14.2 Å². The first kappa shape index (κ1) is 56.1. The van der Waals surface area contributed by atoms with Gasteiger partial charge in [-0.25, -0.2) is 0 Å². The monoisotopic (exact) mass is 831 g/mol. The number of esters is 3. The lowest BCUT2D eigenvalue weighted by molar-refractivity contribution is -0.167. The molecule has 0 amide bonds. The third kappa shape index (κ3) is 45.2. The highest BCUT2D eigenvalue weighted by atomic mass is 16.6. The second-order valence-corrected chi connectivity index (χ2v) is 15.2. The van der Waals surface area contributed by atoms with Crippen molar-refractivity contribution >= 4 is 17.9 Å². The van der Waals surface area contributed by atoms with E-state index in [-0.39, 0.29) is 37.5 Å². The minimum Gasteiger partial charge on any atom is -0.462 e. The lowest BCUT2D eigenvalue weighted by atomic mass is 10.1. The first-order valence-electron chi connectivity index (χ1n) is 23.9. The highest BCUT2D eigenvalue weighted by Crippen LogP contribution is 2.11. The summed E-state index contributed by atoms with van der Waals surface area (Å²) in [4.78, 5) is 37.8. The van der Waals surface area contributed by atoms with Crippen molar-refractivity contribution in [2.24, 2.45) is 0 Å². The minimum atomic E-state index is -0.820. The van der Waals surface area contributed by atoms with E-state index in [9.17, 15) is 14.4 Å². The Labute approximate surface area is 368 Å². The molecule has 1 atom stereocenters. The molecule has 0 N–H and O–H groups in total. The van der Waals surface area contributed by atoms with Crippen LogP contribution in [-0.2, 0) is 28.6 Å². The van der Waals surface area contributed by atoms with Crippen LogP contribution in [0.3, 0.4) is 0 Å². The molecule has 0 aliphatic heterocycles. The van der Waals surface area contributed by atoms with Crippen LogP contribution in [0.4, 0.5) is 0 Å². The quantitative estimate of drug-likeness (QED) is 0.0264. The Morgan fingerprint density at radius 1 is 0.350 bits per heavy atom. The zero-order chi connectivity index (χ0) is 43.7. The topological polar surface area (TPSA) is 78.9 Å². The molecule has 0 aromatic heterocycles. The van der Waals surface area contributed by atoms with Crippen molar-refractivity contribution in [2.45, 2.75) is 200 Å². The molecule has 6 heteroatoms. The Morgan fingerprint density at radius 3 is 1.07 bits per heavy atom. The van der Waals surface area contributed by atoms with Crippen molar-refractivity contribution in [2.75, 3.05) is 13.2 Å². The number of allylic oxidation sites excluding steroid dienone is 18. The van der Waals surface area contributed by atoms with E-state index in [2.05, 4.69) is 130 Å². The SMILES string of the molecule is CC/C=C\C/C=C\C/C=C\C/C=C\CCCCC(=O)OCC(COC(=O)CCCCCCC/C=C\CCCCC)OC(=O)CCCC/C=C\C/C=C\C/C=C\C/C=C\CC. The zero-order valence-electron chi connectivity index (χ0n) is 38.4. The maximum absolute atomic E-state index is 12.7. The smallest absolute Gasteiger partial charge is 0.306 e. The van der Waals surface area contributed by atoms with Crippen molar-refractivity contribution in [1.29, 1.82) is 0 Å². The summed E-state index contributed by atoms with van der Waals surface area (Å²) in [6.45, 7) is 6.28. The van der Waals surface area contributed by atoms with Gasteiger partial charge < -0.3 is 14.2 Å². The lowest BCUT2D eigenvalue weighted by Crippen LogP contribution is -2.30. The van der Waals surface area contributed by atoms with Gasteiger partial charge in [-0.2, -0.15) is 0 Å². The molecule has 0 heterocycles. The van der Waals surface area contributed by atoms with E-state index in [1.165, 1.54) is 32.1 Å². The summed E-state index contributed by atoms with van der Waals surface area (Å²) in [5, 5.41) is 0. The van der Waals surface area contributed by atoms with E-state index in [1.54, 1.807) is 0 Å². The zero-order valence-corrected chi connectivity index (χ0v) is 38.4. The fraction of sp³-hybridized carbons (Fsp3) is 0.611. The molecule has 6 nitrogen and oxygen atoms in total. The van der Waals surface area contributed by atoms with Crippen molar-refractivity contribution in [3.63, 3.8) is 0 Å². The normalized spacial score (nSPS) is 13.1. The highest BCUT2D eigenvalue weighted by Gasteiger charge is 2.19. The van der Waals surface area contributed by atoms with Crippen LogP contribution in [-0.4, -0.2) is 37.2 Å². The molecule has 0 radical (unpaired) electrons. The van der Waals surface area contributed by atoms with Crippen LogP contribution in [0.2, 0.25) is 0 Å². The van der Waals surface area contributed by atoms with E-state index in [0.29, 0.717) is 25.7 Å². The Balaban J connectivity index is 4.56. The van der Waals surface area contributed by atoms with Crippen LogP contribution in [0.1, 0.15) is 194 Å². The predicted octanol–water partition coefficient (Wildman–Crippen LogP) is 15.6. The van der Waals surface area contributed by atoms with Gasteiger partial charge in [-0.15, -0.1) is 0 Å². The second-order valence-electron chi connectivity index (χ2n) is 15.2. The largest absolute Gasteiger partial charge is 0.462 e. The Bertz CT molecular complexity index is 1280. The Morgan fingerprint density at radius 2 is 0.650 bits per heavy atom. The highest BCUT2D eigenvalue weighted by molar-refractivity contribution is 5.71. The number of hydrogen-bond acceptors (Lipinski definition) is 6. The van der Waals surface area contributed by atoms with Gasteiger partial charge in [0.15, 0.2) is 6.10 Å². The number of unbranched alkanes of at least 4 members (excludes halogenated alkanes) is 12. The third-order valence-electron chi connectivity index (χ3n) is 9.49. The van der Waals surface area contributed by atoms with E-state index in [1.807, 2.05) is 0 Å². The molecule has 0 spiro atoms. The molecule has 1 unspecified atom stereocenters. The maximum atomic E-state index is 12.7. The molecule has 0 bridgehead atoms. The average Bonchev–Trinajstić information content (AvgIpc) is 3.24. The average molecular weight is 831 g/mol. The summed E-state index contributed by atoms with van der Waals surface area (Å²) in [5.41, 5.74) is 0.